The number of benzene rings is 2. The first-order valence-electron chi connectivity index (χ1n) is 9.52. The van der Waals surface area contributed by atoms with Crippen LogP contribution in [-0.4, -0.2) is 22.6 Å². The smallest absolute Gasteiger partial charge is 0.119 e. The molecule has 6 nitrogen and oxygen atoms in total. The number of nitrogens with one attached hydrogen (secondary N) is 2. The number of rotatable bonds is 8. The first kappa shape index (κ1) is 19.6. The molecule has 0 unspecified atom stereocenters. The Morgan fingerprint density at radius 3 is 1.48 bits per heavy atom. The topological polar surface area (TPSA) is 83.0 Å². The van der Waals surface area contributed by atoms with E-state index < -0.39 is 0 Å². The van der Waals surface area contributed by atoms with E-state index in [1.807, 2.05) is 48.5 Å². The number of ether oxygens (including phenoxy) is 2. The molecule has 2 aromatic carbocycles. The minimum atomic E-state index is 0.136. The van der Waals surface area contributed by atoms with Gasteiger partial charge in [0.25, 0.3) is 0 Å². The quantitative estimate of drug-likeness (QED) is 0.417. The summed E-state index contributed by atoms with van der Waals surface area (Å²) >= 11 is 0. The van der Waals surface area contributed by atoms with E-state index >= 15 is 0 Å². The Bertz CT molecular complexity index is 616. The molecule has 0 radical (unpaired) electrons. The van der Waals surface area contributed by atoms with Crippen LogP contribution < -0.4 is 20.4 Å². The van der Waals surface area contributed by atoms with Gasteiger partial charge in [-0.15, -0.1) is 0 Å². The van der Waals surface area contributed by atoms with E-state index in [-0.39, 0.29) is 12.2 Å². The molecule has 0 aromatic heterocycles. The highest BCUT2D eigenvalue weighted by molar-refractivity contribution is 5.28. The third-order valence-corrected chi connectivity index (χ3v) is 4.85. The van der Waals surface area contributed by atoms with E-state index in [0.29, 0.717) is 13.1 Å². The first-order valence-corrected chi connectivity index (χ1v) is 9.52. The zero-order valence-corrected chi connectivity index (χ0v) is 15.4. The summed E-state index contributed by atoms with van der Waals surface area (Å²) in [4.78, 5) is 0. The van der Waals surface area contributed by atoms with Gasteiger partial charge in [-0.2, -0.15) is 0 Å². The van der Waals surface area contributed by atoms with E-state index in [1.54, 1.807) is 0 Å². The van der Waals surface area contributed by atoms with Crippen molar-refractivity contribution >= 4 is 0 Å². The van der Waals surface area contributed by atoms with Crippen LogP contribution in [0.1, 0.15) is 43.2 Å². The van der Waals surface area contributed by atoms with Crippen LogP contribution in [0.5, 0.6) is 11.5 Å². The second-order valence-electron chi connectivity index (χ2n) is 6.96. The minimum Gasteiger partial charge on any atom is -0.490 e. The Labute approximate surface area is 160 Å². The highest BCUT2D eigenvalue weighted by Gasteiger charge is 2.23. The monoisotopic (exact) mass is 372 g/mol. The van der Waals surface area contributed by atoms with Gasteiger partial charge in [-0.1, -0.05) is 24.3 Å². The Balaban J connectivity index is 1.56. The molecule has 2 aromatic rings. The van der Waals surface area contributed by atoms with Gasteiger partial charge in [0.15, 0.2) is 0 Å². The van der Waals surface area contributed by atoms with Crippen molar-refractivity contribution in [1.29, 1.82) is 0 Å². The van der Waals surface area contributed by atoms with Gasteiger partial charge in [-0.3, -0.25) is 0 Å². The fraction of sp³-hybridized carbons (Fsp3) is 0.429. The Morgan fingerprint density at radius 2 is 1.11 bits per heavy atom. The molecule has 0 spiro atoms. The van der Waals surface area contributed by atoms with Crippen LogP contribution in [0, 0.1) is 0 Å². The van der Waals surface area contributed by atoms with Crippen molar-refractivity contribution in [2.75, 3.05) is 0 Å². The standard InChI is InChI=1S/C21H28N2O4/c24-22-14-16-5-9-18(10-6-16)26-20-3-1-2-4-21(13-20)27-19-11-7-17(8-12-19)15-23-25/h5-12,20-25H,1-4,13-15H2/t20-,21-/m0/s1. The second kappa shape index (κ2) is 10.3. The highest BCUT2D eigenvalue weighted by Crippen LogP contribution is 2.26. The van der Waals surface area contributed by atoms with E-state index in [4.69, 9.17) is 19.9 Å². The van der Waals surface area contributed by atoms with Crippen LogP contribution in [0.25, 0.3) is 0 Å². The average Bonchev–Trinajstić information content (AvgIpc) is 2.90. The van der Waals surface area contributed by atoms with Gasteiger partial charge in [0.2, 0.25) is 0 Å². The van der Waals surface area contributed by atoms with Gasteiger partial charge in [-0.25, -0.2) is 11.0 Å². The molecule has 3 rings (SSSR count). The lowest BCUT2D eigenvalue weighted by molar-refractivity contribution is 0.113. The first-order chi connectivity index (χ1) is 13.3. The molecule has 0 bridgehead atoms. The Kier molecular flexibility index (Phi) is 7.47. The summed E-state index contributed by atoms with van der Waals surface area (Å²) in [6, 6.07) is 15.6. The second-order valence-corrected chi connectivity index (χ2v) is 6.96. The summed E-state index contributed by atoms with van der Waals surface area (Å²) in [6.45, 7) is 0.847. The molecule has 0 amide bonds. The highest BCUT2D eigenvalue weighted by atomic mass is 16.5. The third-order valence-electron chi connectivity index (χ3n) is 4.85. The SMILES string of the molecule is ONCc1ccc(O[C@H]2CCCC[C@H](Oc3ccc(CNO)cc3)C2)cc1. The number of hydrogen-bond donors (Lipinski definition) is 4. The Hall–Kier alpha value is -2.12. The summed E-state index contributed by atoms with van der Waals surface area (Å²) in [6.07, 6.45) is 5.47. The summed E-state index contributed by atoms with van der Waals surface area (Å²) in [7, 11) is 0. The molecule has 0 aliphatic heterocycles. The summed E-state index contributed by atoms with van der Waals surface area (Å²) in [5.41, 5.74) is 6.33. The average molecular weight is 372 g/mol. The lowest BCUT2D eigenvalue weighted by Crippen LogP contribution is -2.25. The molecule has 4 N–H and O–H groups in total. The van der Waals surface area contributed by atoms with Crippen LogP contribution in [0.2, 0.25) is 0 Å². The molecule has 1 fully saturated rings. The van der Waals surface area contributed by atoms with E-state index in [1.165, 1.54) is 0 Å². The maximum atomic E-state index is 8.76. The normalized spacial score (nSPS) is 20.1. The zero-order chi connectivity index (χ0) is 18.9. The number of hydrogen-bond acceptors (Lipinski definition) is 6. The van der Waals surface area contributed by atoms with Gasteiger partial charge in [0, 0.05) is 19.5 Å². The van der Waals surface area contributed by atoms with Gasteiger partial charge in [0.1, 0.15) is 23.7 Å². The van der Waals surface area contributed by atoms with Gasteiger partial charge in [-0.05, 0) is 61.1 Å². The van der Waals surface area contributed by atoms with Crippen LogP contribution in [0.3, 0.4) is 0 Å². The molecule has 2 atom stereocenters. The fourth-order valence-corrected chi connectivity index (χ4v) is 3.43. The molecule has 0 heterocycles. The van der Waals surface area contributed by atoms with Gasteiger partial charge < -0.3 is 19.9 Å². The maximum absolute atomic E-state index is 8.76. The lowest BCUT2D eigenvalue weighted by Gasteiger charge is -2.23. The molecule has 1 aliphatic carbocycles. The van der Waals surface area contributed by atoms with Gasteiger partial charge >= 0.3 is 0 Å². The Morgan fingerprint density at radius 1 is 0.704 bits per heavy atom. The van der Waals surface area contributed by atoms with Crippen LogP contribution >= 0.6 is 0 Å². The summed E-state index contributed by atoms with van der Waals surface area (Å²) < 4.78 is 12.4. The van der Waals surface area contributed by atoms with E-state index in [0.717, 1.165) is 54.7 Å². The van der Waals surface area contributed by atoms with Crippen LogP contribution in [0.4, 0.5) is 0 Å². The largest absolute Gasteiger partial charge is 0.490 e. The molecule has 6 heteroatoms. The molecule has 0 saturated heterocycles. The molecular weight excluding hydrogens is 344 g/mol. The van der Waals surface area contributed by atoms with Crippen molar-refractivity contribution in [2.24, 2.45) is 0 Å². The lowest BCUT2D eigenvalue weighted by atomic mass is 10.1. The summed E-state index contributed by atoms with van der Waals surface area (Å²) in [5, 5.41) is 17.5. The van der Waals surface area contributed by atoms with Crippen molar-refractivity contribution in [1.82, 2.24) is 11.0 Å². The fourth-order valence-electron chi connectivity index (χ4n) is 3.43. The van der Waals surface area contributed by atoms with Crippen LogP contribution in [0.15, 0.2) is 48.5 Å². The van der Waals surface area contributed by atoms with Crippen molar-refractivity contribution in [3.8, 4) is 11.5 Å². The third kappa shape index (κ3) is 6.22. The molecule has 27 heavy (non-hydrogen) atoms. The summed E-state index contributed by atoms with van der Waals surface area (Å²) in [5.74, 6) is 1.70. The van der Waals surface area contributed by atoms with E-state index in [9.17, 15) is 0 Å². The number of hydroxylamine groups is 2. The van der Waals surface area contributed by atoms with Crippen molar-refractivity contribution in [3.63, 3.8) is 0 Å². The predicted octanol–water partition coefficient (Wildman–Crippen LogP) is 3.80. The predicted molar refractivity (Wildman–Crippen MR) is 102 cm³/mol. The van der Waals surface area contributed by atoms with Crippen molar-refractivity contribution < 1.29 is 19.9 Å². The van der Waals surface area contributed by atoms with Crippen LogP contribution in [-0.2, 0) is 13.1 Å². The molecular formula is C21H28N2O4. The van der Waals surface area contributed by atoms with Gasteiger partial charge in [0.05, 0.1) is 0 Å². The molecule has 146 valence electrons. The van der Waals surface area contributed by atoms with Crippen molar-refractivity contribution in [2.45, 2.75) is 57.4 Å². The molecule has 1 aliphatic rings. The van der Waals surface area contributed by atoms with Crippen molar-refractivity contribution in [3.05, 3.63) is 59.7 Å². The molecule has 1 saturated carbocycles. The minimum absolute atomic E-state index is 0.136. The maximum Gasteiger partial charge on any atom is 0.119 e. The van der Waals surface area contributed by atoms with E-state index in [2.05, 4.69) is 11.0 Å². The zero-order valence-electron chi connectivity index (χ0n) is 15.4.